The van der Waals surface area contributed by atoms with Crippen LogP contribution in [0.3, 0.4) is 0 Å². The fourth-order valence-electron chi connectivity index (χ4n) is 1.99. The third-order valence-corrected chi connectivity index (χ3v) is 3.25. The molecule has 4 nitrogen and oxygen atoms in total. The quantitative estimate of drug-likeness (QED) is 0.795. The SMILES string of the molecule is CCOc1nc(NCCC2CCC2)ccc1N. The highest BCUT2D eigenvalue weighted by molar-refractivity contribution is 5.53. The first-order chi connectivity index (χ1) is 8.29. The van der Waals surface area contributed by atoms with Gasteiger partial charge in [0.25, 0.3) is 0 Å². The van der Waals surface area contributed by atoms with E-state index in [1.54, 1.807) is 0 Å². The van der Waals surface area contributed by atoms with Crippen LogP contribution in [-0.2, 0) is 0 Å². The second-order valence-electron chi connectivity index (χ2n) is 4.54. The minimum Gasteiger partial charge on any atom is -0.476 e. The Morgan fingerprint density at radius 1 is 1.47 bits per heavy atom. The third-order valence-electron chi connectivity index (χ3n) is 3.25. The summed E-state index contributed by atoms with van der Waals surface area (Å²) in [6.07, 6.45) is 5.41. The van der Waals surface area contributed by atoms with Crippen LogP contribution in [0.1, 0.15) is 32.6 Å². The van der Waals surface area contributed by atoms with Crippen LogP contribution < -0.4 is 15.8 Å². The van der Waals surface area contributed by atoms with Crippen LogP contribution in [0.5, 0.6) is 5.88 Å². The minimum atomic E-state index is 0.529. The zero-order valence-corrected chi connectivity index (χ0v) is 10.4. The van der Waals surface area contributed by atoms with Gasteiger partial charge in [0.15, 0.2) is 0 Å². The molecule has 0 radical (unpaired) electrons. The Balaban J connectivity index is 1.84. The molecule has 0 saturated heterocycles. The molecular weight excluding hydrogens is 214 g/mol. The van der Waals surface area contributed by atoms with Crippen molar-refractivity contribution in [2.75, 3.05) is 24.2 Å². The molecule has 1 aliphatic carbocycles. The average molecular weight is 235 g/mol. The Hall–Kier alpha value is -1.45. The third kappa shape index (κ3) is 3.25. The van der Waals surface area contributed by atoms with Crippen molar-refractivity contribution in [2.45, 2.75) is 32.6 Å². The van der Waals surface area contributed by atoms with Gasteiger partial charge in [-0.1, -0.05) is 19.3 Å². The molecule has 0 aliphatic heterocycles. The van der Waals surface area contributed by atoms with Crippen molar-refractivity contribution < 1.29 is 4.74 Å². The van der Waals surface area contributed by atoms with Gasteiger partial charge in [-0.2, -0.15) is 4.98 Å². The average Bonchev–Trinajstić information content (AvgIpc) is 2.26. The molecule has 0 bridgehead atoms. The summed E-state index contributed by atoms with van der Waals surface area (Å²) >= 11 is 0. The maximum Gasteiger partial charge on any atom is 0.239 e. The Morgan fingerprint density at radius 3 is 2.94 bits per heavy atom. The van der Waals surface area contributed by atoms with E-state index in [1.807, 2.05) is 19.1 Å². The maximum absolute atomic E-state index is 5.77. The zero-order chi connectivity index (χ0) is 12.1. The van der Waals surface area contributed by atoms with Gasteiger partial charge in [0, 0.05) is 6.54 Å². The number of nitrogens with two attached hydrogens (primary N) is 1. The van der Waals surface area contributed by atoms with E-state index >= 15 is 0 Å². The van der Waals surface area contributed by atoms with Gasteiger partial charge in [-0.15, -0.1) is 0 Å². The molecule has 0 spiro atoms. The van der Waals surface area contributed by atoms with Crippen LogP contribution in [0.25, 0.3) is 0 Å². The van der Waals surface area contributed by atoms with E-state index in [-0.39, 0.29) is 0 Å². The van der Waals surface area contributed by atoms with Gasteiger partial charge in [0.2, 0.25) is 5.88 Å². The van der Waals surface area contributed by atoms with E-state index in [0.717, 1.165) is 18.3 Å². The Bertz CT molecular complexity index is 364. The van der Waals surface area contributed by atoms with Crippen molar-refractivity contribution in [3.05, 3.63) is 12.1 Å². The first kappa shape index (κ1) is 12.0. The topological polar surface area (TPSA) is 60.2 Å². The van der Waals surface area contributed by atoms with Crippen molar-refractivity contribution in [3.8, 4) is 5.88 Å². The number of hydrogen-bond acceptors (Lipinski definition) is 4. The molecule has 4 heteroatoms. The number of hydrogen-bond donors (Lipinski definition) is 2. The molecule has 1 heterocycles. The highest BCUT2D eigenvalue weighted by Crippen LogP contribution is 2.29. The molecule has 0 aromatic carbocycles. The number of anilines is 2. The molecule has 1 fully saturated rings. The molecule has 1 saturated carbocycles. The number of rotatable bonds is 6. The largest absolute Gasteiger partial charge is 0.476 e. The summed E-state index contributed by atoms with van der Waals surface area (Å²) < 4.78 is 5.36. The summed E-state index contributed by atoms with van der Waals surface area (Å²) in [5.74, 6) is 2.30. The normalized spacial score (nSPS) is 15.4. The molecule has 0 atom stereocenters. The molecule has 1 aromatic heterocycles. The molecule has 1 aliphatic rings. The number of pyridine rings is 1. The van der Waals surface area contributed by atoms with Crippen LogP contribution in [-0.4, -0.2) is 18.1 Å². The number of ether oxygens (including phenoxy) is 1. The lowest BCUT2D eigenvalue weighted by Gasteiger charge is -2.25. The molecule has 94 valence electrons. The maximum atomic E-state index is 5.77. The lowest BCUT2D eigenvalue weighted by atomic mass is 9.83. The molecule has 0 amide bonds. The summed E-state index contributed by atoms with van der Waals surface area (Å²) in [6, 6.07) is 3.74. The summed E-state index contributed by atoms with van der Waals surface area (Å²) in [6.45, 7) is 3.49. The smallest absolute Gasteiger partial charge is 0.239 e. The second-order valence-corrected chi connectivity index (χ2v) is 4.54. The van der Waals surface area contributed by atoms with Gasteiger partial charge >= 0.3 is 0 Å². The lowest BCUT2D eigenvalue weighted by Crippen LogP contribution is -2.16. The Morgan fingerprint density at radius 2 is 2.29 bits per heavy atom. The summed E-state index contributed by atoms with van der Waals surface area (Å²) in [4.78, 5) is 4.34. The van der Waals surface area contributed by atoms with Crippen LogP contribution in [0, 0.1) is 5.92 Å². The van der Waals surface area contributed by atoms with Crippen LogP contribution in [0.2, 0.25) is 0 Å². The van der Waals surface area contributed by atoms with E-state index in [0.29, 0.717) is 18.2 Å². The summed E-state index contributed by atoms with van der Waals surface area (Å²) in [7, 11) is 0. The molecule has 0 unspecified atom stereocenters. The number of nitrogen functional groups attached to an aromatic ring is 1. The summed E-state index contributed by atoms with van der Waals surface area (Å²) in [5, 5.41) is 3.32. The van der Waals surface area contributed by atoms with E-state index in [1.165, 1.54) is 25.7 Å². The number of aromatic nitrogens is 1. The van der Waals surface area contributed by atoms with E-state index in [9.17, 15) is 0 Å². The molecule has 17 heavy (non-hydrogen) atoms. The Kier molecular flexibility index (Phi) is 4.07. The molecular formula is C13H21N3O. The zero-order valence-electron chi connectivity index (χ0n) is 10.4. The van der Waals surface area contributed by atoms with Gasteiger partial charge in [0.1, 0.15) is 5.82 Å². The van der Waals surface area contributed by atoms with Crippen molar-refractivity contribution in [2.24, 2.45) is 5.92 Å². The van der Waals surface area contributed by atoms with Crippen molar-refractivity contribution in [1.82, 2.24) is 4.98 Å². The fourth-order valence-corrected chi connectivity index (χ4v) is 1.99. The monoisotopic (exact) mass is 235 g/mol. The van der Waals surface area contributed by atoms with Gasteiger partial charge in [-0.3, -0.25) is 0 Å². The van der Waals surface area contributed by atoms with Crippen molar-refractivity contribution in [3.63, 3.8) is 0 Å². The van der Waals surface area contributed by atoms with E-state index in [2.05, 4.69) is 10.3 Å². The molecule has 2 rings (SSSR count). The highest BCUT2D eigenvalue weighted by atomic mass is 16.5. The minimum absolute atomic E-state index is 0.529. The molecule has 1 aromatic rings. The first-order valence-corrected chi connectivity index (χ1v) is 6.42. The van der Waals surface area contributed by atoms with Crippen LogP contribution in [0.4, 0.5) is 11.5 Å². The van der Waals surface area contributed by atoms with Gasteiger partial charge < -0.3 is 15.8 Å². The van der Waals surface area contributed by atoms with Gasteiger partial charge in [-0.05, 0) is 31.4 Å². The van der Waals surface area contributed by atoms with Crippen molar-refractivity contribution >= 4 is 11.5 Å². The van der Waals surface area contributed by atoms with Crippen LogP contribution >= 0.6 is 0 Å². The number of nitrogens with one attached hydrogen (secondary N) is 1. The highest BCUT2D eigenvalue weighted by Gasteiger charge is 2.16. The van der Waals surface area contributed by atoms with Gasteiger partial charge in [-0.25, -0.2) is 0 Å². The summed E-state index contributed by atoms with van der Waals surface area (Å²) in [5.41, 5.74) is 6.36. The lowest BCUT2D eigenvalue weighted by molar-refractivity contribution is 0.302. The predicted octanol–water partition coefficient (Wildman–Crippen LogP) is 2.66. The standard InChI is InChI=1S/C13H21N3O/c1-2-17-13-11(14)6-7-12(16-13)15-9-8-10-4-3-5-10/h6-7,10H,2-5,8-9,14H2,1H3,(H,15,16). The predicted molar refractivity (Wildman–Crippen MR) is 70.3 cm³/mol. The van der Waals surface area contributed by atoms with E-state index < -0.39 is 0 Å². The fraction of sp³-hybridized carbons (Fsp3) is 0.615. The van der Waals surface area contributed by atoms with Gasteiger partial charge in [0.05, 0.1) is 12.3 Å². The van der Waals surface area contributed by atoms with E-state index in [4.69, 9.17) is 10.5 Å². The second kappa shape index (κ2) is 5.75. The number of nitrogens with zero attached hydrogens (tertiary/aromatic N) is 1. The first-order valence-electron chi connectivity index (χ1n) is 6.42. The van der Waals surface area contributed by atoms with Crippen LogP contribution in [0.15, 0.2) is 12.1 Å². The van der Waals surface area contributed by atoms with Crippen molar-refractivity contribution in [1.29, 1.82) is 0 Å². The Labute approximate surface area is 103 Å². The molecule has 3 N–H and O–H groups in total.